The van der Waals surface area contributed by atoms with Crippen LogP contribution in [0.3, 0.4) is 0 Å². The molecule has 0 unspecified atom stereocenters. The number of aliphatic carboxylic acids is 1. The monoisotopic (exact) mass is 168 g/mol. The highest BCUT2D eigenvalue weighted by Crippen LogP contribution is 2.01. The van der Waals surface area contributed by atoms with Gasteiger partial charge < -0.3 is 5.11 Å². The topological polar surface area (TPSA) is 63.1 Å². The predicted octanol–water partition coefficient (Wildman–Crippen LogP) is 0.872. The number of aromatic nitrogens is 2. The van der Waals surface area contributed by atoms with Gasteiger partial charge in [0.15, 0.2) is 5.82 Å². The van der Waals surface area contributed by atoms with Crippen molar-refractivity contribution in [2.75, 3.05) is 0 Å². The van der Waals surface area contributed by atoms with Crippen LogP contribution in [-0.4, -0.2) is 21.0 Å². The first-order valence-electron chi connectivity index (χ1n) is 3.07. The molecule has 12 heavy (non-hydrogen) atoms. The van der Waals surface area contributed by atoms with Crippen LogP contribution in [-0.2, 0) is 4.79 Å². The number of rotatable bonds is 2. The van der Waals surface area contributed by atoms with Crippen LogP contribution in [0.2, 0.25) is 0 Å². The minimum atomic E-state index is -1.62. The summed E-state index contributed by atoms with van der Waals surface area (Å²) in [6, 6.07) is 1.55. The molecule has 0 fully saturated rings. The van der Waals surface area contributed by atoms with Crippen molar-refractivity contribution in [3.63, 3.8) is 0 Å². The number of carbonyl (C=O) groups is 1. The van der Waals surface area contributed by atoms with Crippen LogP contribution in [0.15, 0.2) is 24.3 Å². The van der Waals surface area contributed by atoms with Crippen LogP contribution in [0, 0.1) is 0 Å². The van der Waals surface area contributed by atoms with Gasteiger partial charge in [-0.05, 0) is 6.07 Å². The summed E-state index contributed by atoms with van der Waals surface area (Å²) in [7, 11) is 0. The van der Waals surface area contributed by atoms with Crippen LogP contribution >= 0.6 is 0 Å². The molecule has 1 heterocycles. The molecular formula is C7H5FN2O2. The van der Waals surface area contributed by atoms with Crippen LogP contribution in [0.5, 0.6) is 0 Å². The van der Waals surface area contributed by atoms with E-state index in [0.717, 1.165) is 6.08 Å². The lowest BCUT2D eigenvalue weighted by Gasteiger charge is -1.89. The zero-order chi connectivity index (χ0) is 8.97. The van der Waals surface area contributed by atoms with Gasteiger partial charge in [-0.3, -0.25) is 0 Å². The Balaban J connectivity index is 2.89. The molecule has 0 spiro atoms. The lowest BCUT2D eigenvalue weighted by Crippen LogP contribution is -1.95. The van der Waals surface area contributed by atoms with E-state index in [1.165, 1.54) is 12.4 Å². The first-order chi connectivity index (χ1) is 5.70. The third kappa shape index (κ3) is 2.12. The van der Waals surface area contributed by atoms with Gasteiger partial charge in [0.05, 0.1) is 0 Å². The molecule has 1 aromatic rings. The lowest BCUT2D eigenvalue weighted by atomic mass is 10.4. The summed E-state index contributed by atoms with van der Waals surface area (Å²) < 4.78 is 12.4. The van der Waals surface area contributed by atoms with E-state index >= 15 is 0 Å². The van der Waals surface area contributed by atoms with Crippen LogP contribution in [0.25, 0.3) is 6.08 Å². The van der Waals surface area contributed by atoms with E-state index in [1.54, 1.807) is 6.07 Å². The van der Waals surface area contributed by atoms with Gasteiger partial charge in [0, 0.05) is 18.5 Å². The van der Waals surface area contributed by atoms with Crippen LogP contribution in [0.4, 0.5) is 4.39 Å². The highest BCUT2D eigenvalue weighted by atomic mass is 19.1. The van der Waals surface area contributed by atoms with E-state index in [4.69, 9.17) is 5.11 Å². The second-order valence-electron chi connectivity index (χ2n) is 1.90. The van der Waals surface area contributed by atoms with Gasteiger partial charge >= 0.3 is 5.97 Å². The van der Waals surface area contributed by atoms with E-state index in [1.807, 2.05) is 0 Å². The molecule has 0 aromatic carbocycles. The largest absolute Gasteiger partial charge is 0.476 e. The number of hydrogen-bond acceptors (Lipinski definition) is 3. The Bertz CT molecular complexity index is 310. The lowest BCUT2D eigenvalue weighted by molar-refractivity contribution is -0.134. The molecule has 0 aliphatic heterocycles. The van der Waals surface area contributed by atoms with Crippen LogP contribution < -0.4 is 0 Å². The molecular weight excluding hydrogens is 163 g/mol. The molecule has 0 aliphatic carbocycles. The Morgan fingerprint density at radius 3 is 2.58 bits per heavy atom. The van der Waals surface area contributed by atoms with E-state index in [9.17, 15) is 9.18 Å². The van der Waals surface area contributed by atoms with Crippen molar-refractivity contribution >= 4 is 12.0 Å². The number of carboxylic acids is 1. The zero-order valence-electron chi connectivity index (χ0n) is 5.94. The average Bonchev–Trinajstić information content (AvgIpc) is 2.06. The second-order valence-corrected chi connectivity index (χ2v) is 1.90. The van der Waals surface area contributed by atoms with E-state index < -0.39 is 11.8 Å². The fraction of sp³-hybridized carbons (Fsp3) is 0. The summed E-state index contributed by atoms with van der Waals surface area (Å²) in [6.07, 6.45) is 3.55. The summed E-state index contributed by atoms with van der Waals surface area (Å²) in [5.74, 6) is -2.86. The SMILES string of the molecule is O=C(O)/C(F)=C/c1ncccn1. The fourth-order valence-electron chi connectivity index (χ4n) is 0.560. The molecule has 1 rings (SSSR count). The molecule has 1 aromatic heterocycles. The molecule has 0 radical (unpaired) electrons. The quantitative estimate of drug-likeness (QED) is 0.665. The first kappa shape index (κ1) is 8.32. The Labute approximate surface area is 67.4 Å². The van der Waals surface area contributed by atoms with Crippen molar-refractivity contribution < 1.29 is 14.3 Å². The molecule has 1 N–H and O–H groups in total. The maximum absolute atomic E-state index is 12.4. The van der Waals surface area contributed by atoms with Crippen molar-refractivity contribution in [3.05, 3.63) is 30.1 Å². The van der Waals surface area contributed by atoms with Gasteiger partial charge in [-0.1, -0.05) is 0 Å². The number of hydrogen-bond donors (Lipinski definition) is 1. The van der Waals surface area contributed by atoms with Crippen molar-refractivity contribution in [1.29, 1.82) is 0 Å². The minimum absolute atomic E-state index is 0.0393. The van der Waals surface area contributed by atoms with E-state index in [-0.39, 0.29) is 5.82 Å². The van der Waals surface area contributed by atoms with Crippen molar-refractivity contribution in [2.45, 2.75) is 0 Å². The first-order valence-corrected chi connectivity index (χ1v) is 3.07. The highest BCUT2D eigenvalue weighted by Gasteiger charge is 2.05. The molecule has 0 bridgehead atoms. The minimum Gasteiger partial charge on any atom is -0.476 e. The molecule has 0 amide bonds. The smallest absolute Gasteiger partial charge is 0.364 e. The summed E-state index contributed by atoms with van der Waals surface area (Å²) in [5, 5.41) is 8.14. The van der Waals surface area contributed by atoms with Crippen molar-refractivity contribution in [2.24, 2.45) is 0 Å². The highest BCUT2D eigenvalue weighted by molar-refractivity contribution is 5.88. The summed E-state index contributed by atoms with van der Waals surface area (Å²) in [5.41, 5.74) is 0. The molecule has 0 saturated heterocycles. The maximum Gasteiger partial charge on any atom is 0.364 e. The molecule has 5 heteroatoms. The Kier molecular flexibility index (Phi) is 2.47. The summed E-state index contributed by atoms with van der Waals surface area (Å²) in [6.45, 7) is 0. The number of halogens is 1. The molecule has 0 aliphatic rings. The van der Waals surface area contributed by atoms with Crippen molar-refractivity contribution in [3.8, 4) is 0 Å². The van der Waals surface area contributed by atoms with E-state index in [2.05, 4.69) is 9.97 Å². The van der Waals surface area contributed by atoms with Crippen LogP contribution in [0.1, 0.15) is 5.82 Å². The normalized spacial score (nSPS) is 11.2. The third-order valence-electron chi connectivity index (χ3n) is 1.05. The van der Waals surface area contributed by atoms with Gasteiger partial charge in [0.2, 0.25) is 5.83 Å². The predicted molar refractivity (Wildman–Crippen MR) is 38.8 cm³/mol. The maximum atomic E-state index is 12.4. The second kappa shape index (κ2) is 3.56. The zero-order valence-corrected chi connectivity index (χ0v) is 5.94. The molecule has 4 nitrogen and oxygen atoms in total. The Hall–Kier alpha value is -1.78. The van der Waals surface area contributed by atoms with E-state index in [0.29, 0.717) is 0 Å². The number of nitrogens with zero attached hydrogens (tertiary/aromatic N) is 2. The summed E-state index contributed by atoms with van der Waals surface area (Å²) in [4.78, 5) is 17.2. The van der Waals surface area contributed by atoms with Gasteiger partial charge in [0.1, 0.15) is 0 Å². The van der Waals surface area contributed by atoms with Gasteiger partial charge in [-0.2, -0.15) is 4.39 Å². The fourth-order valence-corrected chi connectivity index (χ4v) is 0.560. The third-order valence-corrected chi connectivity index (χ3v) is 1.05. The van der Waals surface area contributed by atoms with Gasteiger partial charge in [-0.25, -0.2) is 14.8 Å². The Morgan fingerprint density at radius 1 is 1.50 bits per heavy atom. The van der Waals surface area contributed by atoms with Crippen molar-refractivity contribution in [1.82, 2.24) is 9.97 Å². The van der Waals surface area contributed by atoms with Gasteiger partial charge in [0.25, 0.3) is 0 Å². The number of carboxylic acid groups (broad SMARTS) is 1. The molecule has 62 valence electrons. The standard InChI is InChI=1S/C7H5FN2O2/c8-5(7(11)12)4-6-9-2-1-3-10-6/h1-4H,(H,11,12)/b5-4-. The average molecular weight is 168 g/mol. The van der Waals surface area contributed by atoms with Gasteiger partial charge in [-0.15, -0.1) is 0 Å². The summed E-state index contributed by atoms with van der Waals surface area (Å²) >= 11 is 0. The Morgan fingerprint density at radius 2 is 2.08 bits per heavy atom. The molecule has 0 atom stereocenters. The molecule has 0 saturated carbocycles.